The minimum atomic E-state index is -3.70. The molecule has 1 aromatic carbocycles. The molecule has 0 amide bonds. The summed E-state index contributed by atoms with van der Waals surface area (Å²) in [5.74, 6) is -5.25. The predicted molar refractivity (Wildman–Crippen MR) is 60.6 cm³/mol. The normalized spacial score (nSPS) is 11.2. The standard InChI is InChI=1S/C12H15F2NO2/c1-2-3-8-17-11(16)12(13,14)9-6-4-5-7-10(9)15/h4-7H,2-3,8,15H2,1H3. The Kier molecular flexibility index (Phi) is 4.43. The topological polar surface area (TPSA) is 52.3 Å². The van der Waals surface area contributed by atoms with Gasteiger partial charge in [0.25, 0.3) is 0 Å². The molecule has 1 aromatic rings. The monoisotopic (exact) mass is 243 g/mol. The van der Waals surface area contributed by atoms with Crippen molar-refractivity contribution < 1.29 is 18.3 Å². The molecule has 0 aliphatic heterocycles. The average molecular weight is 243 g/mol. The van der Waals surface area contributed by atoms with Crippen molar-refractivity contribution in [1.82, 2.24) is 0 Å². The summed E-state index contributed by atoms with van der Waals surface area (Å²) in [5, 5.41) is 0. The van der Waals surface area contributed by atoms with Gasteiger partial charge in [0.1, 0.15) is 0 Å². The van der Waals surface area contributed by atoms with Gasteiger partial charge in [0.05, 0.1) is 12.2 Å². The van der Waals surface area contributed by atoms with E-state index in [0.29, 0.717) is 6.42 Å². The number of hydrogen-bond acceptors (Lipinski definition) is 3. The fourth-order valence-electron chi connectivity index (χ4n) is 1.29. The Hall–Kier alpha value is -1.65. The molecule has 0 aliphatic carbocycles. The molecule has 0 bridgehead atoms. The molecular weight excluding hydrogens is 228 g/mol. The van der Waals surface area contributed by atoms with Crippen LogP contribution in [0, 0.1) is 0 Å². The van der Waals surface area contributed by atoms with E-state index >= 15 is 0 Å². The summed E-state index contributed by atoms with van der Waals surface area (Å²) in [5.41, 5.74) is 4.78. The molecule has 0 unspecified atom stereocenters. The number of anilines is 1. The van der Waals surface area contributed by atoms with Gasteiger partial charge >= 0.3 is 11.9 Å². The molecule has 0 heterocycles. The number of alkyl halides is 2. The molecule has 3 nitrogen and oxygen atoms in total. The van der Waals surface area contributed by atoms with E-state index in [-0.39, 0.29) is 12.3 Å². The Balaban J connectivity index is 2.80. The van der Waals surface area contributed by atoms with Crippen molar-refractivity contribution in [2.75, 3.05) is 12.3 Å². The van der Waals surface area contributed by atoms with Crippen molar-refractivity contribution in [3.63, 3.8) is 0 Å². The van der Waals surface area contributed by atoms with E-state index in [4.69, 9.17) is 5.73 Å². The van der Waals surface area contributed by atoms with Gasteiger partial charge in [-0.15, -0.1) is 0 Å². The van der Waals surface area contributed by atoms with Gasteiger partial charge in [-0.1, -0.05) is 31.5 Å². The third-order valence-corrected chi connectivity index (χ3v) is 2.29. The minimum Gasteiger partial charge on any atom is -0.461 e. The van der Waals surface area contributed by atoms with Crippen molar-refractivity contribution in [2.45, 2.75) is 25.7 Å². The highest BCUT2D eigenvalue weighted by Gasteiger charge is 2.44. The van der Waals surface area contributed by atoms with E-state index < -0.39 is 17.5 Å². The maximum atomic E-state index is 13.7. The molecule has 0 aromatic heterocycles. The summed E-state index contributed by atoms with van der Waals surface area (Å²) in [6.07, 6.45) is 1.33. The average Bonchev–Trinajstić information content (AvgIpc) is 2.29. The third-order valence-electron chi connectivity index (χ3n) is 2.29. The van der Waals surface area contributed by atoms with Gasteiger partial charge in [-0.05, 0) is 12.5 Å². The van der Waals surface area contributed by atoms with Crippen LogP contribution in [-0.4, -0.2) is 12.6 Å². The van der Waals surface area contributed by atoms with Crippen LogP contribution in [0.25, 0.3) is 0 Å². The smallest absolute Gasteiger partial charge is 0.382 e. The zero-order valence-electron chi connectivity index (χ0n) is 9.58. The molecule has 1 rings (SSSR count). The van der Waals surface area contributed by atoms with Crippen molar-refractivity contribution in [2.24, 2.45) is 0 Å². The lowest BCUT2D eigenvalue weighted by Crippen LogP contribution is -2.29. The van der Waals surface area contributed by atoms with E-state index in [2.05, 4.69) is 4.74 Å². The molecule has 0 saturated carbocycles. The molecule has 2 N–H and O–H groups in total. The number of unbranched alkanes of at least 4 members (excludes halogenated alkanes) is 1. The predicted octanol–water partition coefficient (Wildman–Crippen LogP) is 2.70. The Morgan fingerprint density at radius 2 is 2.06 bits per heavy atom. The number of benzene rings is 1. The van der Waals surface area contributed by atoms with Crippen LogP contribution >= 0.6 is 0 Å². The number of ether oxygens (including phenoxy) is 1. The maximum Gasteiger partial charge on any atom is 0.382 e. The van der Waals surface area contributed by atoms with E-state index in [9.17, 15) is 13.6 Å². The fourth-order valence-corrected chi connectivity index (χ4v) is 1.29. The zero-order valence-corrected chi connectivity index (χ0v) is 9.58. The number of carbonyl (C=O) groups is 1. The van der Waals surface area contributed by atoms with E-state index in [1.807, 2.05) is 6.92 Å². The van der Waals surface area contributed by atoms with Crippen LogP contribution in [0.4, 0.5) is 14.5 Å². The first kappa shape index (κ1) is 13.4. The molecule has 17 heavy (non-hydrogen) atoms. The highest BCUT2D eigenvalue weighted by atomic mass is 19.3. The second-order valence-corrected chi connectivity index (χ2v) is 3.65. The quantitative estimate of drug-likeness (QED) is 0.491. The van der Waals surface area contributed by atoms with E-state index in [1.54, 1.807) is 0 Å². The SMILES string of the molecule is CCCCOC(=O)C(F)(F)c1ccccc1N. The number of para-hydroxylation sites is 1. The summed E-state index contributed by atoms with van der Waals surface area (Å²) >= 11 is 0. The van der Waals surface area contributed by atoms with Gasteiger partial charge < -0.3 is 10.5 Å². The molecule has 0 aliphatic rings. The van der Waals surface area contributed by atoms with Gasteiger partial charge in [0, 0.05) is 5.69 Å². The first-order chi connectivity index (χ1) is 8.00. The number of esters is 1. The lowest BCUT2D eigenvalue weighted by molar-refractivity contribution is -0.173. The molecule has 0 radical (unpaired) electrons. The Bertz CT molecular complexity index is 394. The number of carbonyl (C=O) groups excluding carboxylic acids is 1. The second kappa shape index (κ2) is 5.61. The van der Waals surface area contributed by atoms with Crippen LogP contribution in [-0.2, 0) is 15.5 Å². The lowest BCUT2D eigenvalue weighted by Gasteiger charge is -2.16. The van der Waals surface area contributed by atoms with Crippen molar-refractivity contribution >= 4 is 11.7 Å². The summed E-state index contributed by atoms with van der Waals surface area (Å²) in [7, 11) is 0. The van der Waals surface area contributed by atoms with Crippen LogP contribution in [0.5, 0.6) is 0 Å². The number of nitrogens with two attached hydrogens (primary N) is 1. The maximum absolute atomic E-state index is 13.7. The molecule has 0 spiro atoms. The van der Waals surface area contributed by atoms with Crippen LogP contribution in [0.1, 0.15) is 25.3 Å². The summed E-state index contributed by atoms with van der Waals surface area (Å²) in [6, 6.07) is 5.37. The Labute approximate surface area is 98.6 Å². The van der Waals surface area contributed by atoms with Crippen LogP contribution in [0.15, 0.2) is 24.3 Å². The number of hydrogen-bond donors (Lipinski definition) is 1. The lowest BCUT2D eigenvalue weighted by atomic mass is 10.1. The van der Waals surface area contributed by atoms with Crippen LogP contribution < -0.4 is 5.73 Å². The van der Waals surface area contributed by atoms with Crippen LogP contribution in [0.2, 0.25) is 0 Å². The fraction of sp³-hybridized carbons (Fsp3) is 0.417. The number of halogens is 2. The third kappa shape index (κ3) is 3.15. The molecule has 0 saturated heterocycles. The number of nitrogen functional groups attached to an aromatic ring is 1. The molecule has 94 valence electrons. The minimum absolute atomic E-state index is 0.00232. The molecular formula is C12H15F2NO2. The second-order valence-electron chi connectivity index (χ2n) is 3.65. The van der Waals surface area contributed by atoms with Gasteiger partial charge in [-0.25, -0.2) is 4.79 Å². The summed E-state index contributed by atoms with van der Waals surface area (Å²) in [6.45, 7) is 1.87. The number of rotatable bonds is 5. The molecule has 0 atom stereocenters. The van der Waals surface area contributed by atoms with E-state index in [0.717, 1.165) is 12.5 Å². The highest BCUT2D eigenvalue weighted by molar-refractivity contribution is 5.81. The van der Waals surface area contributed by atoms with Crippen molar-refractivity contribution in [3.8, 4) is 0 Å². The van der Waals surface area contributed by atoms with E-state index in [1.165, 1.54) is 18.2 Å². The van der Waals surface area contributed by atoms with Gasteiger partial charge in [-0.3, -0.25) is 0 Å². The summed E-state index contributed by atoms with van der Waals surface area (Å²) < 4.78 is 31.9. The molecule has 0 fully saturated rings. The Morgan fingerprint density at radius 1 is 1.41 bits per heavy atom. The summed E-state index contributed by atoms with van der Waals surface area (Å²) in [4.78, 5) is 11.3. The van der Waals surface area contributed by atoms with Gasteiger partial charge in [-0.2, -0.15) is 8.78 Å². The highest BCUT2D eigenvalue weighted by Crippen LogP contribution is 2.33. The van der Waals surface area contributed by atoms with Crippen molar-refractivity contribution in [1.29, 1.82) is 0 Å². The first-order valence-electron chi connectivity index (χ1n) is 5.40. The van der Waals surface area contributed by atoms with Crippen LogP contribution in [0.3, 0.4) is 0 Å². The van der Waals surface area contributed by atoms with Gasteiger partial charge in [0.15, 0.2) is 0 Å². The van der Waals surface area contributed by atoms with Gasteiger partial charge in [0.2, 0.25) is 0 Å². The first-order valence-corrected chi connectivity index (χ1v) is 5.40. The largest absolute Gasteiger partial charge is 0.461 e. The molecule has 5 heteroatoms. The zero-order chi connectivity index (χ0) is 12.9. The van der Waals surface area contributed by atoms with Crippen molar-refractivity contribution in [3.05, 3.63) is 29.8 Å². The Morgan fingerprint density at radius 3 is 2.65 bits per heavy atom.